The highest BCUT2D eigenvalue weighted by atomic mass is 35.5. The lowest BCUT2D eigenvalue weighted by molar-refractivity contribution is 0.958. The summed E-state index contributed by atoms with van der Waals surface area (Å²) in [7, 11) is 2.01. The van der Waals surface area contributed by atoms with Crippen LogP contribution in [0.25, 0.3) is 10.9 Å². The van der Waals surface area contributed by atoms with Crippen LogP contribution in [0.15, 0.2) is 53.6 Å². The summed E-state index contributed by atoms with van der Waals surface area (Å²) in [6.07, 6.45) is 1.76. The van der Waals surface area contributed by atoms with Gasteiger partial charge in [-0.25, -0.2) is 0 Å². The highest BCUT2D eigenvalue weighted by molar-refractivity contribution is 6.35. The van der Waals surface area contributed by atoms with Crippen molar-refractivity contribution < 1.29 is 0 Å². The molecule has 2 aromatic carbocycles. The lowest BCUT2D eigenvalue weighted by Crippen LogP contribution is -1.97. The van der Waals surface area contributed by atoms with E-state index in [1.807, 2.05) is 19.2 Å². The number of benzene rings is 2. The van der Waals surface area contributed by atoms with Gasteiger partial charge in [0, 0.05) is 23.0 Å². The van der Waals surface area contributed by atoms with Crippen molar-refractivity contribution >= 4 is 46.0 Å². The fourth-order valence-electron chi connectivity index (χ4n) is 2.19. The molecule has 0 spiro atoms. The van der Waals surface area contributed by atoms with Crippen LogP contribution < -0.4 is 5.43 Å². The number of rotatable bonds is 3. The first-order chi connectivity index (χ1) is 10.1. The summed E-state index contributed by atoms with van der Waals surface area (Å²) in [5.74, 6) is 0. The van der Waals surface area contributed by atoms with Gasteiger partial charge in [-0.05, 0) is 30.3 Å². The third kappa shape index (κ3) is 2.89. The zero-order valence-electron chi connectivity index (χ0n) is 11.3. The molecule has 0 bridgehead atoms. The predicted octanol–water partition coefficient (Wildman–Crippen LogP) is 4.93. The van der Waals surface area contributed by atoms with E-state index < -0.39 is 0 Å². The van der Waals surface area contributed by atoms with Crippen LogP contribution in [0, 0.1) is 0 Å². The fourth-order valence-corrected chi connectivity index (χ4v) is 2.52. The zero-order chi connectivity index (χ0) is 14.8. The molecule has 106 valence electrons. The van der Waals surface area contributed by atoms with E-state index in [-0.39, 0.29) is 0 Å². The number of para-hydroxylation sites is 1. The van der Waals surface area contributed by atoms with E-state index >= 15 is 0 Å². The van der Waals surface area contributed by atoms with Crippen molar-refractivity contribution in [1.82, 2.24) is 4.57 Å². The average molecular weight is 318 g/mol. The monoisotopic (exact) mass is 317 g/mol. The first-order valence-corrected chi connectivity index (χ1v) is 7.19. The van der Waals surface area contributed by atoms with Gasteiger partial charge in [0.2, 0.25) is 0 Å². The highest BCUT2D eigenvalue weighted by Gasteiger charge is 2.03. The molecule has 0 unspecified atom stereocenters. The third-order valence-electron chi connectivity index (χ3n) is 3.30. The Morgan fingerprint density at radius 3 is 2.71 bits per heavy atom. The van der Waals surface area contributed by atoms with E-state index in [1.54, 1.807) is 24.4 Å². The van der Waals surface area contributed by atoms with Crippen molar-refractivity contribution in [1.29, 1.82) is 0 Å². The van der Waals surface area contributed by atoms with Crippen molar-refractivity contribution in [2.45, 2.75) is 0 Å². The molecule has 5 heteroatoms. The zero-order valence-corrected chi connectivity index (χ0v) is 12.9. The van der Waals surface area contributed by atoms with Gasteiger partial charge in [0.05, 0.1) is 22.6 Å². The van der Waals surface area contributed by atoms with Crippen molar-refractivity contribution in [2.75, 3.05) is 5.43 Å². The summed E-state index contributed by atoms with van der Waals surface area (Å²) in [5.41, 5.74) is 5.76. The van der Waals surface area contributed by atoms with Gasteiger partial charge < -0.3 is 4.57 Å². The van der Waals surface area contributed by atoms with Gasteiger partial charge in [0.15, 0.2) is 0 Å². The summed E-state index contributed by atoms with van der Waals surface area (Å²) in [6.45, 7) is 0. The van der Waals surface area contributed by atoms with E-state index in [0.717, 1.165) is 5.69 Å². The molecule has 0 fully saturated rings. The second-order valence-corrected chi connectivity index (χ2v) is 5.52. The molecule has 0 saturated heterocycles. The number of nitrogens with one attached hydrogen (secondary N) is 1. The quantitative estimate of drug-likeness (QED) is 0.538. The van der Waals surface area contributed by atoms with Crippen LogP contribution >= 0.6 is 23.2 Å². The van der Waals surface area contributed by atoms with Crippen LogP contribution in [0.3, 0.4) is 0 Å². The second-order valence-electron chi connectivity index (χ2n) is 4.68. The summed E-state index contributed by atoms with van der Waals surface area (Å²) >= 11 is 12.0. The lowest BCUT2D eigenvalue weighted by atomic mass is 10.2. The molecule has 0 aliphatic carbocycles. The van der Waals surface area contributed by atoms with Crippen LogP contribution in [-0.2, 0) is 7.05 Å². The molecular weight excluding hydrogens is 305 g/mol. The number of aryl methyl sites for hydroxylation is 1. The molecule has 1 N–H and O–H groups in total. The normalized spacial score (nSPS) is 11.4. The molecule has 3 nitrogen and oxygen atoms in total. The molecule has 0 atom stereocenters. The number of fused-ring (bicyclic) bond motifs is 1. The predicted molar refractivity (Wildman–Crippen MR) is 90.6 cm³/mol. The largest absolute Gasteiger partial charge is 0.343 e. The Balaban J connectivity index is 1.85. The smallest absolute Gasteiger partial charge is 0.0762 e. The maximum Gasteiger partial charge on any atom is 0.0762 e. The molecule has 0 aliphatic heterocycles. The number of anilines is 1. The maximum absolute atomic E-state index is 6.07. The van der Waals surface area contributed by atoms with Gasteiger partial charge >= 0.3 is 0 Å². The molecule has 0 radical (unpaired) electrons. The molecule has 3 aromatic rings. The van der Waals surface area contributed by atoms with Gasteiger partial charge in [-0.1, -0.05) is 41.4 Å². The first kappa shape index (κ1) is 14.0. The molecule has 0 amide bonds. The molecule has 21 heavy (non-hydrogen) atoms. The Labute approximate surface area is 132 Å². The number of hydrazone groups is 1. The van der Waals surface area contributed by atoms with E-state index in [0.29, 0.717) is 15.7 Å². The second kappa shape index (κ2) is 5.80. The standard InChI is InChI=1S/C16H13Cl2N3/c1-21-13(8-11-4-2-3-5-16(11)21)10-19-20-15-9-12(17)6-7-14(15)18/h2-10,20H,1H3/b19-10+. The fraction of sp³-hybridized carbons (Fsp3) is 0.0625. The Hall–Kier alpha value is -1.97. The van der Waals surface area contributed by atoms with Crippen molar-refractivity contribution in [3.63, 3.8) is 0 Å². The topological polar surface area (TPSA) is 29.3 Å². The third-order valence-corrected chi connectivity index (χ3v) is 3.86. The minimum absolute atomic E-state index is 0.577. The van der Waals surface area contributed by atoms with E-state index in [9.17, 15) is 0 Å². The molecular formula is C16H13Cl2N3. The van der Waals surface area contributed by atoms with E-state index in [1.165, 1.54) is 10.9 Å². The van der Waals surface area contributed by atoms with Crippen molar-refractivity contribution in [3.05, 3.63) is 64.3 Å². The van der Waals surface area contributed by atoms with E-state index in [2.05, 4.69) is 33.3 Å². The van der Waals surface area contributed by atoms with Crippen LogP contribution in [0.1, 0.15) is 5.69 Å². The maximum atomic E-state index is 6.07. The van der Waals surface area contributed by atoms with Gasteiger partial charge in [-0.2, -0.15) is 5.10 Å². The van der Waals surface area contributed by atoms with Gasteiger partial charge in [0.1, 0.15) is 0 Å². The van der Waals surface area contributed by atoms with Crippen molar-refractivity contribution in [2.24, 2.45) is 12.1 Å². The number of nitrogens with zero attached hydrogens (tertiary/aromatic N) is 2. The Morgan fingerprint density at radius 1 is 1.10 bits per heavy atom. The van der Waals surface area contributed by atoms with Crippen LogP contribution in [0.2, 0.25) is 10.0 Å². The number of hydrogen-bond acceptors (Lipinski definition) is 2. The van der Waals surface area contributed by atoms with Crippen LogP contribution in [0.4, 0.5) is 5.69 Å². The Kier molecular flexibility index (Phi) is 3.86. The SMILES string of the molecule is Cn1c(/C=N/Nc2cc(Cl)ccc2Cl)cc2ccccc21. The van der Waals surface area contributed by atoms with Gasteiger partial charge in [0.25, 0.3) is 0 Å². The van der Waals surface area contributed by atoms with E-state index in [4.69, 9.17) is 23.2 Å². The molecule has 1 aromatic heterocycles. The van der Waals surface area contributed by atoms with Gasteiger partial charge in [-0.3, -0.25) is 5.43 Å². The molecule has 0 aliphatic rings. The summed E-state index contributed by atoms with van der Waals surface area (Å²) in [6, 6.07) is 15.5. The number of hydrogen-bond donors (Lipinski definition) is 1. The average Bonchev–Trinajstić information content (AvgIpc) is 2.80. The summed E-state index contributed by atoms with van der Waals surface area (Å²) in [4.78, 5) is 0. The minimum atomic E-state index is 0.577. The number of aromatic nitrogens is 1. The van der Waals surface area contributed by atoms with Crippen molar-refractivity contribution in [3.8, 4) is 0 Å². The first-order valence-electron chi connectivity index (χ1n) is 6.44. The lowest BCUT2D eigenvalue weighted by Gasteiger charge is -2.03. The summed E-state index contributed by atoms with van der Waals surface area (Å²) in [5, 5.41) is 6.60. The Bertz CT molecular complexity index is 822. The summed E-state index contributed by atoms with van der Waals surface area (Å²) < 4.78 is 2.08. The number of halogens is 2. The molecule has 1 heterocycles. The van der Waals surface area contributed by atoms with Crippen LogP contribution in [-0.4, -0.2) is 10.8 Å². The van der Waals surface area contributed by atoms with Crippen LogP contribution in [0.5, 0.6) is 0 Å². The Morgan fingerprint density at radius 2 is 1.90 bits per heavy atom. The highest BCUT2D eigenvalue weighted by Crippen LogP contribution is 2.25. The minimum Gasteiger partial charge on any atom is -0.343 e. The van der Waals surface area contributed by atoms with Gasteiger partial charge in [-0.15, -0.1) is 0 Å². The molecule has 0 saturated carbocycles. The molecule has 3 rings (SSSR count).